The van der Waals surface area contributed by atoms with E-state index >= 15 is 0 Å². The molecule has 1 aromatic carbocycles. The van der Waals surface area contributed by atoms with Crippen molar-refractivity contribution < 1.29 is 9.13 Å². The molecular formula is C12H16FNO. The summed E-state index contributed by atoms with van der Waals surface area (Å²) in [5.74, 6) is 0.352. The van der Waals surface area contributed by atoms with Crippen molar-refractivity contribution in [2.75, 3.05) is 13.2 Å². The van der Waals surface area contributed by atoms with Crippen LogP contribution >= 0.6 is 0 Å². The molecule has 0 heterocycles. The number of hydrogen-bond donors (Lipinski definition) is 1. The maximum absolute atomic E-state index is 12.8. The third kappa shape index (κ3) is 3.20. The van der Waals surface area contributed by atoms with Gasteiger partial charge in [0.2, 0.25) is 0 Å². The van der Waals surface area contributed by atoms with Gasteiger partial charge in [-0.05, 0) is 25.0 Å². The van der Waals surface area contributed by atoms with E-state index in [1.165, 1.54) is 31.4 Å². The highest BCUT2D eigenvalue weighted by atomic mass is 19.1. The highest BCUT2D eigenvalue weighted by molar-refractivity contribution is 5.22. The number of halogens is 1. The minimum atomic E-state index is -0.251. The Bertz CT molecular complexity index is 312. The molecule has 0 bridgehead atoms. The fraction of sp³-hybridized carbons (Fsp3) is 0.500. The van der Waals surface area contributed by atoms with Gasteiger partial charge in [0, 0.05) is 18.7 Å². The summed E-state index contributed by atoms with van der Waals surface area (Å²) in [6.45, 7) is 1.43. The van der Waals surface area contributed by atoms with Gasteiger partial charge < -0.3 is 10.1 Å². The lowest BCUT2D eigenvalue weighted by Crippen LogP contribution is -2.37. The van der Waals surface area contributed by atoms with Gasteiger partial charge in [-0.2, -0.15) is 0 Å². The van der Waals surface area contributed by atoms with Crippen LogP contribution < -0.4 is 10.1 Å². The quantitative estimate of drug-likeness (QED) is 0.751. The van der Waals surface area contributed by atoms with Crippen LogP contribution in [-0.4, -0.2) is 19.2 Å². The summed E-state index contributed by atoms with van der Waals surface area (Å²) in [5.41, 5.74) is 0. The number of ether oxygens (including phenoxy) is 1. The SMILES string of the molecule is Fc1cccc(OCCNC2CCC2)c1. The second-order valence-electron chi connectivity index (χ2n) is 3.89. The first kappa shape index (κ1) is 10.4. The van der Waals surface area contributed by atoms with Gasteiger partial charge in [-0.15, -0.1) is 0 Å². The molecule has 1 aliphatic carbocycles. The molecule has 3 heteroatoms. The molecule has 0 saturated heterocycles. The molecule has 2 rings (SSSR count). The third-order valence-corrected chi connectivity index (χ3v) is 2.71. The van der Waals surface area contributed by atoms with Crippen molar-refractivity contribution in [3.8, 4) is 5.75 Å². The van der Waals surface area contributed by atoms with Crippen molar-refractivity contribution in [3.63, 3.8) is 0 Å². The molecule has 1 N–H and O–H groups in total. The van der Waals surface area contributed by atoms with Crippen LogP contribution in [0.15, 0.2) is 24.3 Å². The van der Waals surface area contributed by atoms with Crippen LogP contribution in [0.4, 0.5) is 4.39 Å². The summed E-state index contributed by atoms with van der Waals surface area (Å²) in [4.78, 5) is 0. The Morgan fingerprint density at radius 2 is 2.27 bits per heavy atom. The predicted octanol–water partition coefficient (Wildman–Crippen LogP) is 2.35. The first-order valence-corrected chi connectivity index (χ1v) is 5.46. The van der Waals surface area contributed by atoms with Crippen LogP contribution in [-0.2, 0) is 0 Å². The topological polar surface area (TPSA) is 21.3 Å². The fourth-order valence-electron chi connectivity index (χ4n) is 1.60. The molecule has 0 aromatic heterocycles. The lowest BCUT2D eigenvalue weighted by molar-refractivity contribution is 0.275. The minimum absolute atomic E-state index is 0.251. The number of rotatable bonds is 5. The Labute approximate surface area is 89.4 Å². The molecule has 1 saturated carbocycles. The Balaban J connectivity index is 1.64. The van der Waals surface area contributed by atoms with Gasteiger partial charge in [0.25, 0.3) is 0 Å². The zero-order valence-electron chi connectivity index (χ0n) is 8.71. The molecule has 0 amide bonds. The van der Waals surface area contributed by atoms with Crippen molar-refractivity contribution in [3.05, 3.63) is 30.1 Å². The summed E-state index contributed by atoms with van der Waals surface area (Å²) < 4.78 is 18.2. The van der Waals surface area contributed by atoms with E-state index in [2.05, 4.69) is 5.32 Å². The Hall–Kier alpha value is -1.09. The molecule has 15 heavy (non-hydrogen) atoms. The summed E-state index contributed by atoms with van der Waals surface area (Å²) in [6.07, 6.45) is 3.89. The molecule has 0 spiro atoms. The maximum atomic E-state index is 12.8. The van der Waals surface area contributed by atoms with Crippen LogP contribution in [0.2, 0.25) is 0 Å². The molecule has 0 aliphatic heterocycles. The van der Waals surface area contributed by atoms with Gasteiger partial charge in [-0.3, -0.25) is 0 Å². The average Bonchev–Trinajstić information content (AvgIpc) is 2.15. The van der Waals surface area contributed by atoms with E-state index in [-0.39, 0.29) is 5.82 Å². The molecular weight excluding hydrogens is 193 g/mol. The summed E-state index contributed by atoms with van der Waals surface area (Å²) in [7, 11) is 0. The number of hydrogen-bond acceptors (Lipinski definition) is 2. The Morgan fingerprint density at radius 3 is 2.93 bits per heavy atom. The first-order valence-electron chi connectivity index (χ1n) is 5.46. The zero-order valence-corrected chi connectivity index (χ0v) is 8.71. The van der Waals surface area contributed by atoms with Crippen LogP contribution in [0.1, 0.15) is 19.3 Å². The normalized spacial score (nSPS) is 16.1. The molecule has 0 atom stereocenters. The van der Waals surface area contributed by atoms with Gasteiger partial charge in [0.05, 0.1) is 0 Å². The highest BCUT2D eigenvalue weighted by Crippen LogP contribution is 2.17. The van der Waals surface area contributed by atoms with Crippen LogP contribution in [0.25, 0.3) is 0 Å². The Morgan fingerprint density at radius 1 is 1.40 bits per heavy atom. The lowest BCUT2D eigenvalue weighted by atomic mass is 9.93. The highest BCUT2D eigenvalue weighted by Gasteiger charge is 2.15. The van der Waals surface area contributed by atoms with Crippen LogP contribution in [0.5, 0.6) is 5.75 Å². The monoisotopic (exact) mass is 209 g/mol. The van der Waals surface area contributed by atoms with Gasteiger partial charge in [-0.25, -0.2) is 4.39 Å². The van der Waals surface area contributed by atoms with E-state index in [9.17, 15) is 4.39 Å². The fourth-order valence-corrected chi connectivity index (χ4v) is 1.60. The molecule has 82 valence electrons. The minimum Gasteiger partial charge on any atom is -0.492 e. The van der Waals surface area contributed by atoms with Crippen LogP contribution in [0, 0.1) is 5.82 Å². The largest absolute Gasteiger partial charge is 0.492 e. The van der Waals surface area contributed by atoms with Crippen molar-refractivity contribution in [2.45, 2.75) is 25.3 Å². The van der Waals surface area contributed by atoms with E-state index in [0.29, 0.717) is 18.4 Å². The average molecular weight is 209 g/mol. The van der Waals surface area contributed by atoms with Crippen LogP contribution in [0.3, 0.4) is 0 Å². The number of benzene rings is 1. The predicted molar refractivity (Wildman–Crippen MR) is 57.5 cm³/mol. The zero-order chi connectivity index (χ0) is 10.5. The van der Waals surface area contributed by atoms with E-state index in [1.54, 1.807) is 12.1 Å². The maximum Gasteiger partial charge on any atom is 0.126 e. The molecule has 1 aromatic rings. The van der Waals surface area contributed by atoms with Gasteiger partial charge in [-0.1, -0.05) is 12.5 Å². The second-order valence-corrected chi connectivity index (χ2v) is 3.89. The number of nitrogens with one attached hydrogen (secondary N) is 1. The van der Waals surface area contributed by atoms with E-state index in [1.807, 2.05) is 0 Å². The summed E-state index contributed by atoms with van der Waals surface area (Å²) in [5, 5.41) is 3.39. The molecule has 0 radical (unpaired) electrons. The van der Waals surface area contributed by atoms with Gasteiger partial charge in [0.1, 0.15) is 18.2 Å². The van der Waals surface area contributed by atoms with Crippen molar-refractivity contribution >= 4 is 0 Å². The molecule has 1 aliphatic rings. The summed E-state index contributed by atoms with van der Waals surface area (Å²) >= 11 is 0. The smallest absolute Gasteiger partial charge is 0.126 e. The third-order valence-electron chi connectivity index (χ3n) is 2.71. The Kier molecular flexibility index (Phi) is 3.56. The molecule has 2 nitrogen and oxygen atoms in total. The molecule has 0 unspecified atom stereocenters. The molecule has 1 fully saturated rings. The van der Waals surface area contributed by atoms with E-state index in [0.717, 1.165) is 6.54 Å². The summed E-state index contributed by atoms with van der Waals surface area (Å²) in [6, 6.07) is 6.93. The van der Waals surface area contributed by atoms with Crippen molar-refractivity contribution in [2.24, 2.45) is 0 Å². The second kappa shape index (κ2) is 5.12. The van der Waals surface area contributed by atoms with E-state index in [4.69, 9.17) is 4.74 Å². The van der Waals surface area contributed by atoms with Gasteiger partial charge in [0.15, 0.2) is 0 Å². The van der Waals surface area contributed by atoms with Crippen molar-refractivity contribution in [1.82, 2.24) is 5.32 Å². The lowest BCUT2D eigenvalue weighted by Gasteiger charge is -2.26. The van der Waals surface area contributed by atoms with E-state index < -0.39 is 0 Å². The standard InChI is InChI=1S/C12H16FNO/c13-10-3-1-6-12(9-10)15-8-7-14-11-4-2-5-11/h1,3,6,9,11,14H,2,4-5,7-8H2. The van der Waals surface area contributed by atoms with Crippen molar-refractivity contribution in [1.29, 1.82) is 0 Å². The first-order chi connectivity index (χ1) is 7.34. The van der Waals surface area contributed by atoms with Gasteiger partial charge >= 0.3 is 0 Å².